The molecule has 2 aromatic heterocycles. The summed E-state index contributed by atoms with van der Waals surface area (Å²) in [5.74, 6) is 0. The number of nitrogens with zero attached hydrogens (tertiary/aromatic N) is 4. The van der Waals surface area contributed by atoms with Crippen LogP contribution in [0.25, 0.3) is 0 Å². The number of nitrogens with one attached hydrogen (secondary N) is 1. The average molecular weight is 296 g/mol. The second-order valence-electron chi connectivity index (χ2n) is 3.81. The van der Waals surface area contributed by atoms with E-state index in [1.54, 1.807) is 18.6 Å². The maximum Gasteiger partial charge on any atom is 0.0946 e. The maximum absolute atomic E-state index is 4.40. The second kappa shape index (κ2) is 4.93. The zero-order valence-corrected chi connectivity index (χ0v) is 11.6. The first-order chi connectivity index (χ1) is 8.13. The highest BCUT2D eigenvalue weighted by Gasteiger charge is 2.20. The van der Waals surface area contributed by atoms with E-state index in [4.69, 9.17) is 0 Å². The van der Waals surface area contributed by atoms with Crippen LogP contribution >= 0.6 is 15.9 Å². The van der Waals surface area contributed by atoms with Gasteiger partial charge in [-0.05, 0) is 29.9 Å². The topological polar surface area (TPSA) is 55.6 Å². The molecule has 0 bridgehead atoms. The van der Waals surface area contributed by atoms with Gasteiger partial charge in [-0.2, -0.15) is 5.10 Å². The standard InChI is InChI=1S/C11H14BrN5/c1-7-4-15-9(6-14-7)10(13-2)11-8(12)5-16-17(11)3/h4-6,10,13H,1-3H3. The summed E-state index contributed by atoms with van der Waals surface area (Å²) in [5, 5.41) is 7.44. The molecule has 2 aromatic rings. The van der Waals surface area contributed by atoms with Crippen molar-refractivity contribution in [2.75, 3.05) is 7.05 Å². The van der Waals surface area contributed by atoms with Crippen LogP contribution in [0.5, 0.6) is 0 Å². The number of halogens is 1. The van der Waals surface area contributed by atoms with Crippen LogP contribution in [0, 0.1) is 6.92 Å². The van der Waals surface area contributed by atoms with E-state index in [0.29, 0.717) is 0 Å². The van der Waals surface area contributed by atoms with Gasteiger partial charge in [-0.1, -0.05) is 0 Å². The minimum atomic E-state index is -0.0232. The van der Waals surface area contributed by atoms with Crippen LogP contribution in [0.4, 0.5) is 0 Å². The molecule has 0 saturated heterocycles. The van der Waals surface area contributed by atoms with Gasteiger partial charge in [-0.15, -0.1) is 0 Å². The van der Waals surface area contributed by atoms with E-state index < -0.39 is 0 Å². The molecule has 2 heterocycles. The van der Waals surface area contributed by atoms with Gasteiger partial charge in [0, 0.05) is 13.2 Å². The van der Waals surface area contributed by atoms with Gasteiger partial charge in [-0.3, -0.25) is 14.6 Å². The summed E-state index contributed by atoms with van der Waals surface area (Å²) < 4.78 is 2.79. The summed E-state index contributed by atoms with van der Waals surface area (Å²) in [5.41, 5.74) is 2.82. The van der Waals surface area contributed by atoms with Gasteiger partial charge in [-0.25, -0.2) is 0 Å². The number of aromatic nitrogens is 4. The van der Waals surface area contributed by atoms with Gasteiger partial charge in [0.2, 0.25) is 0 Å². The average Bonchev–Trinajstić information content (AvgIpc) is 2.64. The fraction of sp³-hybridized carbons (Fsp3) is 0.364. The van der Waals surface area contributed by atoms with E-state index >= 15 is 0 Å². The van der Waals surface area contributed by atoms with Crippen molar-refractivity contribution in [2.45, 2.75) is 13.0 Å². The molecule has 0 aliphatic rings. The maximum atomic E-state index is 4.40. The zero-order valence-electron chi connectivity index (χ0n) is 9.98. The summed E-state index contributed by atoms with van der Waals surface area (Å²) in [6.07, 6.45) is 5.33. The van der Waals surface area contributed by atoms with Gasteiger partial charge in [0.1, 0.15) is 0 Å². The Balaban J connectivity index is 2.43. The molecule has 6 heteroatoms. The van der Waals surface area contributed by atoms with Crippen LogP contribution in [0.15, 0.2) is 23.1 Å². The molecule has 0 amide bonds. The molecule has 0 aliphatic heterocycles. The third-order valence-corrected chi connectivity index (χ3v) is 3.21. The second-order valence-corrected chi connectivity index (χ2v) is 4.66. The molecule has 0 aromatic carbocycles. The lowest BCUT2D eigenvalue weighted by atomic mass is 10.1. The molecule has 5 nitrogen and oxygen atoms in total. The highest BCUT2D eigenvalue weighted by Crippen LogP contribution is 2.26. The third kappa shape index (κ3) is 2.37. The Bertz CT molecular complexity index is 486. The smallest absolute Gasteiger partial charge is 0.0946 e. The first-order valence-corrected chi connectivity index (χ1v) is 6.06. The number of rotatable bonds is 3. The van der Waals surface area contributed by atoms with E-state index in [1.165, 1.54) is 0 Å². The van der Waals surface area contributed by atoms with E-state index in [9.17, 15) is 0 Å². The Labute approximate surface area is 108 Å². The first kappa shape index (κ1) is 12.2. The summed E-state index contributed by atoms with van der Waals surface area (Å²) in [6, 6.07) is -0.0232. The summed E-state index contributed by atoms with van der Waals surface area (Å²) in [4.78, 5) is 8.67. The number of hydrogen-bond donors (Lipinski definition) is 1. The van der Waals surface area contributed by atoms with Crippen molar-refractivity contribution >= 4 is 15.9 Å². The minimum Gasteiger partial charge on any atom is -0.307 e. The van der Waals surface area contributed by atoms with E-state index in [0.717, 1.165) is 21.6 Å². The van der Waals surface area contributed by atoms with Gasteiger partial charge < -0.3 is 5.32 Å². The molecule has 1 atom stereocenters. The van der Waals surface area contributed by atoms with Gasteiger partial charge in [0.05, 0.1) is 40.0 Å². The van der Waals surface area contributed by atoms with E-state index in [2.05, 4.69) is 36.3 Å². The van der Waals surface area contributed by atoms with Crippen molar-refractivity contribution in [1.29, 1.82) is 0 Å². The monoisotopic (exact) mass is 295 g/mol. The molecule has 0 spiro atoms. The van der Waals surface area contributed by atoms with Crippen molar-refractivity contribution in [3.05, 3.63) is 40.1 Å². The van der Waals surface area contributed by atoms with Crippen LogP contribution in [0.2, 0.25) is 0 Å². The van der Waals surface area contributed by atoms with E-state index in [1.807, 2.05) is 25.7 Å². The molecule has 90 valence electrons. The highest BCUT2D eigenvalue weighted by molar-refractivity contribution is 9.10. The Hall–Kier alpha value is -1.27. The van der Waals surface area contributed by atoms with Crippen LogP contribution < -0.4 is 5.32 Å². The van der Waals surface area contributed by atoms with Gasteiger partial charge in [0.25, 0.3) is 0 Å². The van der Waals surface area contributed by atoms with E-state index in [-0.39, 0.29) is 6.04 Å². The summed E-state index contributed by atoms with van der Waals surface area (Å²) in [6.45, 7) is 1.92. The Morgan fingerprint density at radius 2 is 2.06 bits per heavy atom. The van der Waals surface area contributed by atoms with Gasteiger partial charge in [0.15, 0.2) is 0 Å². The lowest BCUT2D eigenvalue weighted by Gasteiger charge is -2.16. The summed E-state index contributed by atoms with van der Waals surface area (Å²) >= 11 is 3.50. The lowest BCUT2D eigenvalue weighted by molar-refractivity contribution is 0.589. The zero-order chi connectivity index (χ0) is 12.4. The summed E-state index contributed by atoms with van der Waals surface area (Å²) in [7, 11) is 3.80. The van der Waals surface area contributed by atoms with Crippen molar-refractivity contribution in [2.24, 2.45) is 7.05 Å². The molecule has 1 unspecified atom stereocenters. The number of aryl methyl sites for hydroxylation is 2. The SMILES string of the molecule is CNC(c1cnc(C)cn1)c1c(Br)cnn1C. The Morgan fingerprint density at radius 3 is 2.53 bits per heavy atom. The fourth-order valence-electron chi connectivity index (χ4n) is 1.72. The first-order valence-electron chi connectivity index (χ1n) is 5.26. The molecule has 0 fully saturated rings. The van der Waals surface area contributed by atoms with Crippen molar-refractivity contribution in [3.63, 3.8) is 0 Å². The molecular formula is C11H14BrN5. The minimum absolute atomic E-state index is 0.0232. The normalized spacial score (nSPS) is 12.7. The largest absolute Gasteiger partial charge is 0.307 e. The molecule has 0 saturated carbocycles. The fourth-order valence-corrected chi connectivity index (χ4v) is 2.30. The highest BCUT2D eigenvalue weighted by atomic mass is 79.9. The lowest BCUT2D eigenvalue weighted by Crippen LogP contribution is -2.22. The Kier molecular flexibility index (Phi) is 3.54. The molecule has 0 aliphatic carbocycles. The molecule has 17 heavy (non-hydrogen) atoms. The molecule has 2 rings (SSSR count). The van der Waals surface area contributed by atoms with Crippen molar-refractivity contribution < 1.29 is 0 Å². The van der Waals surface area contributed by atoms with Crippen LogP contribution in [-0.2, 0) is 7.05 Å². The van der Waals surface area contributed by atoms with Crippen LogP contribution in [0.1, 0.15) is 23.1 Å². The van der Waals surface area contributed by atoms with Crippen molar-refractivity contribution in [3.8, 4) is 0 Å². The Morgan fingerprint density at radius 1 is 1.29 bits per heavy atom. The molecular weight excluding hydrogens is 282 g/mol. The van der Waals surface area contributed by atoms with Crippen LogP contribution in [-0.4, -0.2) is 26.8 Å². The predicted molar refractivity (Wildman–Crippen MR) is 68.6 cm³/mol. The van der Waals surface area contributed by atoms with Crippen molar-refractivity contribution in [1.82, 2.24) is 25.1 Å². The molecule has 1 N–H and O–H groups in total. The number of hydrogen-bond acceptors (Lipinski definition) is 4. The van der Waals surface area contributed by atoms with Gasteiger partial charge >= 0.3 is 0 Å². The molecule has 0 radical (unpaired) electrons. The quantitative estimate of drug-likeness (QED) is 0.934. The predicted octanol–water partition coefficient (Wildman–Crippen LogP) is 1.59. The third-order valence-electron chi connectivity index (χ3n) is 2.60. The van der Waals surface area contributed by atoms with Crippen LogP contribution in [0.3, 0.4) is 0 Å².